The first-order valence-corrected chi connectivity index (χ1v) is 6.30. The third-order valence-electron chi connectivity index (χ3n) is 3.90. The summed E-state index contributed by atoms with van der Waals surface area (Å²) in [4.78, 5) is 0. The molecule has 88 valence electrons. The molecule has 2 unspecified atom stereocenters. The molecule has 3 heteroatoms. The standard InChI is InChI=1S/C12H23NO2/c1-9-10(6-7-15-9)8-13-11-4-2-3-5-12(11)14/h9-14H,2-8H2,1H3/t9?,10?,11-,12-/m0/s1. The van der Waals surface area contributed by atoms with Gasteiger partial charge in [0.25, 0.3) is 0 Å². The van der Waals surface area contributed by atoms with Crippen molar-refractivity contribution in [3.8, 4) is 0 Å². The van der Waals surface area contributed by atoms with E-state index in [1.165, 1.54) is 12.8 Å². The van der Waals surface area contributed by atoms with Crippen LogP contribution in [0.4, 0.5) is 0 Å². The normalized spacial score (nSPS) is 42.0. The van der Waals surface area contributed by atoms with E-state index >= 15 is 0 Å². The van der Waals surface area contributed by atoms with Crippen molar-refractivity contribution < 1.29 is 9.84 Å². The molecule has 4 atom stereocenters. The summed E-state index contributed by atoms with van der Waals surface area (Å²) in [5.41, 5.74) is 0. The van der Waals surface area contributed by atoms with Gasteiger partial charge in [0, 0.05) is 19.2 Å². The van der Waals surface area contributed by atoms with Crippen molar-refractivity contribution in [3.63, 3.8) is 0 Å². The highest BCUT2D eigenvalue weighted by atomic mass is 16.5. The zero-order chi connectivity index (χ0) is 10.7. The minimum atomic E-state index is -0.128. The van der Waals surface area contributed by atoms with E-state index in [9.17, 15) is 5.11 Å². The Hall–Kier alpha value is -0.120. The molecule has 2 fully saturated rings. The van der Waals surface area contributed by atoms with Gasteiger partial charge in [-0.3, -0.25) is 0 Å². The number of hydrogen-bond acceptors (Lipinski definition) is 3. The Morgan fingerprint density at radius 2 is 2.07 bits per heavy atom. The fourth-order valence-corrected chi connectivity index (χ4v) is 2.70. The van der Waals surface area contributed by atoms with E-state index in [2.05, 4.69) is 12.2 Å². The molecule has 3 nitrogen and oxygen atoms in total. The van der Waals surface area contributed by atoms with Crippen LogP contribution >= 0.6 is 0 Å². The van der Waals surface area contributed by atoms with Gasteiger partial charge < -0.3 is 15.2 Å². The Morgan fingerprint density at radius 1 is 1.27 bits per heavy atom. The van der Waals surface area contributed by atoms with Crippen LogP contribution in [-0.4, -0.2) is 36.5 Å². The van der Waals surface area contributed by atoms with E-state index in [0.717, 1.165) is 32.4 Å². The summed E-state index contributed by atoms with van der Waals surface area (Å²) in [5, 5.41) is 13.3. The van der Waals surface area contributed by atoms with Gasteiger partial charge in [0.2, 0.25) is 0 Å². The molecule has 2 N–H and O–H groups in total. The number of hydrogen-bond donors (Lipinski definition) is 2. The highest BCUT2D eigenvalue weighted by Gasteiger charge is 2.27. The largest absolute Gasteiger partial charge is 0.392 e. The smallest absolute Gasteiger partial charge is 0.0693 e. The maximum atomic E-state index is 9.82. The molecule has 0 spiro atoms. The van der Waals surface area contributed by atoms with Gasteiger partial charge in [-0.15, -0.1) is 0 Å². The van der Waals surface area contributed by atoms with Crippen LogP contribution in [0.5, 0.6) is 0 Å². The van der Waals surface area contributed by atoms with Crippen molar-refractivity contribution in [3.05, 3.63) is 0 Å². The Morgan fingerprint density at radius 3 is 2.73 bits per heavy atom. The van der Waals surface area contributed by atoms with Crippen LogP contribution in [0.1, 0.15) is 39.0 Å². The summed E-state index contributed by atoms with van der Waals surface area (Å²) in [6.45, 7) is 4.06. The molecule has 0 radical (unpaired) electrons. The van der Waals surface area contributed by atoms with Crippen molar-refractivity contribution in [2.45, 2.75) is 57.3 Å². The average Bonchev–Trinajstić information content (AvgIpc) is 2.63. The fraction of sp³-hybridized carbons (Fsp3) is 1.00. The van der Waals surface area contributed by atoms with Gasteiger partial charge in [-0.25, -0.2) is 0 Å². The quantitative estimate of drug-likeness (QED) is 0.742. The van der Waals surface area contributed by atoms with Gasteiger partial charge in [-0.05, 0) is 32.1 Å². The van der Waals surface area contributed by atoms with E-state index in [0.29, 0.717) is 18.1 Å². The first-order valence-electron chi connectivity index (χ1n) is 6.30. The third kappa shape index (κ3) is 2.92. The fourth-order valence-electron chi connectivity index (χ4n) is 2.70. The minimum Gasteiger partial charge on any atom is -0.392 e. The molecule has 1 heterocycles. The van der Waals surface area contributed by atoms with Crippen LogP contribution < -0.4 is 5.32 Å². The lowest BCUT2D eigenvalue weighted by atomic mass is 9.92. The molecule has 15 heavy (non-hydrogen) atoms. The van der Waals surface area contributed by atoms with E-state index in [1.807, 2.05) is 0 Å². The number of aliphatic hydroxyl groups excluding tert-OH is 1. The van der Waals surface area contributed by atoms with Crippen molar-refractivity contribution >= 4 is 0 Å². The van der Waals surface area contributed by atoms with Crippen LogP contribution in [0.25, 0.3) is 0 Å². The van der Waals surface area contributed by atoms with Crippen LogP contribution in [0.3, 0.4) is 0 Å². The lowest BCUT2D eigenvalue weighted by Gasteiger charge is -2.30. The molecule has 0 amide bonds. The van der Waals surface area contributed by atoms with Gasteiger partial charge >= 0.3 is 0 Å². The number of rotatable bonds is 3. The van der Waals surface area contributed by atoms with Crippen molar-refractivity contribution in [2.75, 3.05) is 13.2 Å². The molecular weight excluding hydrogens is 190 g/mol. The van der Waals surface area contributed by atoms with Crippen LogP contribution in [-0.2, 0) is 4.74 Å². The topological polar surface area (TPSA) is 41.5 Å². The maximum Gasteiger partial charge on any atom is 0.0693 e. The van der Waals surface area contributed by atoms with Gasteiger partial charge in [0.05, 0.1) is 12.2 Å². The average molecular weight is 213 g/mol. The SMILES string of the molecule is CC1OCCC1CN[C@H]1CCCC[C@@H]1O. The van der Waals surface area contributed by atoms with Crippen molar-refractivity contribution in [2.24, 2.45) is 5.92 Å². The predicted molar refractivity (Wildman–Crippen MR) is 59.8 cm³/mol. The molecule has 1 aliphatic heterocycles. The Labute approximate surface area is 92.2 Å². The second-order valence-electron chi connectivity index (χ2n) is 4.99. The summed E-state index contributed by atoms with van der Waals surface area (Å²) in [5.74, 6) is 0.638. The molecular formula is C12H23NO2. The Balaban J connectivity index is 1.72. The summed E-state index contributed by atoms with van der Waals surface area (Å²) in [6.07, 6.45) is 5.96. The Bertz CT molecular complexity index is 198. The molecule has 1 saturated carbocycles. The van der Waals surface area contributed by atoms with Gasteiger partial charge in [-0.1, -0.05) is 12.8 Å². The molecule has 2 rings (SSSR count). The molecule has 1 aliphatic carbocycles. The molecule has 0 aromatic rings. The van der Waals surface area contributed by atoms with E-state index < -0.39 is 0 Å². The first kappa shape index (κ1) is 11.4. The summed E-state index contributed by atoms with van der Waals surface area (Å²) < 4.78 is 5.53. The highest BCUT2D eigenvalue weighted by Crippen LogP contribution is 2.22. The number of ether oxygens (including phenoxy) is 1. The van der Waals surface area contributed by atoms with E-state index in [-0.39, 0.29) is 6.10 Å². The summed E-state index contributed by atoms with van der Waals surface area (Å²) >= 11 is 0. The van der Waals surface area contributed by atoms with E-state index in [1.54, 1.807) is 0 Å². The van der Waals surface area contributed by atoms with Gasteiger partial charge in [0.1, 0.15) is 0 Å². The highest BCUT2D eigenvalue weighted by molar-refractivity contribution is 4.83. The van der Waals surface area contributed by atoms with Gasteiger partial charge in [0.15, 0.2) is 0 Å². The summed E-state index contributed by atoms with van der Waals surface area (Å²) in [6, 6.07) is 0.326. The Kier molecular flexibility index (Phi) is 4.00. The predicted octanol–water partition coefficient (Wildman–Crippen LogP) is 1.30. The summed E-state index contributed by atoms with van der Waals surface area (Å²) in [7, 11) is 0. The molecule has 1 saturated heterocycles. The van der Waals surface area contributed by atoms with Crippen LogP contribution in [0, 0.1) is 5.92 Å². The zero-order valence-electron chi connectivity index (χ0n) is 9.61. The molecule has 0 aromatic carbocycles. The number of nitrogens with one attached hydrogen (secondary N) is 1. The second-order valence-corrected chi connectivity index (χ2v) is 4.99. The first-order chi connectivity index (χ1) is 7.27. The maximum absolute atomic E-state index is 9.82. The van der Waals surface area contributed by atoms with Crippen LogP contribution in [0.2, 0.25) is 0 Å². The molecule has 0 bridgehead atoms. The zero-order valence-corrected chi connectivity index (χ0v) is 9.61. The lowest BCUT2D eigenvalue weighted by molar-refractivity contribution is 0.0795. The second kappa shape index (κ2) is 5.28. The monoisotopic (exact) mass is 213 g/mol. The van der Waals surface area contributed by atoms with Crippen LogP contribution in [0.15, 0.2) is 0 Å². The van der Waals surface area contributed by atoms with E-state index in [4.69, 9.17) is 4.74 Å². The lowest BCUT2D eigenvalue weighted by Crippen LogP contribution is -2.44. The molecule has 0 aromatic heterocycles. The minimum absolute atomic E-state index is 0.128. The van der Waals surface area contributed by atoms with Crippen molar-refractivity contribution in [1.82, 2.24) is 5.32 Å². The van der Waals surface area contributed by atoms with Crippen molar-refractivity contribution in [1.29, 1.82) is 0 Å². The number of aliphatic hydroxyl groups is 1. The molecule has 2 aliphatic rings. The van der Waals surface area contributed by atoms with Gasteiger partial charge in [-0.2, -0.15) is 0 Å². The third-order valence-corrected chi connectivity index (χ3v) is 3.90.